The second-order valence-electron chi connectivity index (χ2n) is 5.78. The number of nitrogens with one attached hydrogen (secondary N) is 1. The van der Waals surface area contributed by atoms with Gasteiger partial charge in [-0.3, -0.25) is 0 Å². The summed E-state index contributed by atoms with van der Waals surface area (Å²) >= 11 is 0. The zero-order valence-corrected chi connectivity index (χ0v) is 11.3. The molecule has 104 valence electrons. The molecule has 0 aromatic heterocycles. The van der Waals surface area contributed by atoms with Crippen molar-refractivity contribution in [3.8, 4) is 0 Å². The van der Waals surface area contributed by atoms with Gasteiger partial charge in [-0.1, -0.05) is 0 Å². The lowest BCUT2D eigenvalue weighted by Gasteiger charge is -2.23. The summed E-state index contributed by atoms with van der Waals surface area (Å²) in [5.41, 5.74) is 2.11. The van der Waals surface area contributed by atoms with Gasteiger partial charge in [-0.25, -0.2) is 4.39 Å². The van der Waals surface area contributed by atoms with Crippen molar-refractivity contribution in [3.05, 3.63) is 29.6 Å². The number of aliphatic hydroxyl groups is 1. The molecule has 0 radical (unpaired) electrons. The van der Waals surface area contributed by atoms with E-state index in [1.165, 1.54) is 6.07 Å². The van der Waals surface area contributed by atoms with Gasteiger partial charge in [0.1, 0.15) is 5.82 Å². The monoisotopic (exact) mass is 264 g/mol. The Morgan fingerprint density at radius 1 is 1.37 bits per heavy atom. The lowest BCUT2D eigenvalue weighted by Crippen LogP contribution is -2.26. The average Bonchev–Trinajstić information content (AvgIpc) is 2.93. The number of halogens is 1. The number of rotatable bonds is 3. The second kappa shape index (κ2) is 5.10. The molecule has 1 saturated carbocycles. The molecular weight excluding hydrogens is 243 g/mol. The summed E-state index contributed by atoms with van der Waals surface area (Å²) in [5.74, 6) is 0.809. The zero-order chi connectivity index (χ0) is 13.4. The minimum Gasteiger partial charge on any atom is -0.393 e. The molecule has 1 aliphatic heterocycles. The van der Waals surface area contributed by atoms with Crippen molar-refractivity contribution in [1.82, 2.24) is 5.32 Å². The van der Waals surface area contributed by atoms with Crippen LogP contribution in [0.2, 0.25) is 0 Å². The Hall–Kier alpha value is -1.13. The van der Waals surface area contributed by atoms with Gasteiger partial charge in [0.2, 0.25) is 0 Å². The minimum atomic E-state index is -0.187. The van der Waals surface area contributed by atoms with Gasteiger partial charge in [0.15, 0.2) is 0 Å². The lowest BCUT2D eigenvalue weighted by molar-refractivity contribution is 0.133. The van der Waals surface area contributed by atoms with E-state index in [1.54, 1.807) is 6.07 Å². The van der Waals surface area contributed by atoms with Gasteiger partial charge in [-0.2, -0.15) is 0 Å². The van der Waals surface area contributed by atoms with Crippen molar-refractivity contribution in [2.45, 2.75) is 25.5 Å². The molecule has 3 rings (SSSR count). The van der Waals surface area contributed by atoms with Crippen molar-refractivity contribution < 1.29 is 9.50 Å². The molecule has 1 aliphatic carbocycles. The number of aliphatic hydroxyl groups excluding tert-OH is 1. The van der Waals surface area contributed by atoms with Gasteiger partial charge in [0.25, 0.3) is 0 Å². The van der Waals surface area contributed by atoms with Crippen LogP contribution in [-0.4, -0.2) is 31.3 Å². The highest BCUT2D eigenvalue weighted by molar-refractivity contribution is 5.55. The first-order chi connectivity index (χ1) is 9.19. The van der Waals surface area contributed by atoms with Crippen molar-refractivity contribution in [1.29, 1.82) is 0 Å². The SMILES string of the molecule is CNCc1cc(F)ccc1N1CC2CCC(O)C2C1. The van der Waals surface area contributed by atoms with E-state index in [4.69, 9.17) is 0 Å². The van der Waals surface area contributed by atoms with Gasteiger partial charge < -0.3 is 15.3 Å². The van der Waals surface area contributed by atoms with Gasteiger partial charge in [-0.15, -0.1) is 0 Å². The number of fused-ring (bicyclic) bond motifs is 1. The normalized spacial score (nSPS) is 29.8. The van der Waals surface area contributed by atoms with E-state index in [1.807, 2.05) is 13.1 Å². The predicted molar refractivity (Wildman–Crippen MR) is 73.6 cm³/mol. The molecule has 4 heteroatoms. The molecule has 0 bridgehead atoms. The van der Waals surface area contributed by atoms with Crippen LogP contribution in [0.5, 0.6) is 0 Å². The van der Waals surface area contributed by atoms with Crippen molar-refractivity contribution in [2.75, 3.05) is 25.0 Å². The first kappa shape index (κ1) is 12.9. The third-order valence-electron chi connectivity index (χ3n) is 4.57. The summed E-state index contributed by atoms with van der Waals surface area (Å²) in [6.45, 7) is 2.56. The highest BCUT2D eigenvalue weighted by Gasteiger charge is 2.42. The summed E-state index contributed by atoms with van der Waals surface area (Å²) in [7, 11) is 1.87. The van der Waals surface area contributed by atoms with Crippen molar-refractivity contribution >= 4 is 5.69 Å². The topological polar surface area (TPSA) is 35.5 Å². The number of hydrogen-bond acceptors (Lipinski definition) is 3. The van der Waals surface area contributed by atoms with E-state index in [2.05, 4.69) is 10.2 Å². The van der Waals surface area contributed by atoms with E-state index >= 15 is 0 Å². The molecule has 19 heavy (non-hydrogen) atoms. The first-order valence-electron chi connectivity index (χ1n) is 7.05. The van der Waals surface area contributed by atoms with E-state index in [0.29, 0.717) is 18.4 Å². The standard InChI is InChI=1S/C15H21FN2O/c1-17-7-11-6-12(16)3-4-14(11)18-8-10-2-5-15(19)13(10)9-18/h3-4,6,10,13,15,17,19H,2,5,7-9H2,1H3. The van der Waals surface area contributed by atoms with Crippen LogP contribution < -0.4 is 10.2 Å². The van der Waals surface area contributed by atoms with Gasteiger partial charge >= 0.3 is 0 Å². The second-order valence-corrected chi connectivity index (χ2v) is 5.78. The summed E-state index contributed by atoms with van der Waals surface area (Å²) in [6.07, 6.45) is 1.91. The molecule has 1 saturated heterocycles. The molecule has 1 heterocycles. The Kier molecular flexibility index (Phi) is 3.46. The summed E-state index contributed by atoms with van der Waals surface area (Å²) < 4.78 is 13.4. The van der Waals surface area contributed by atoms with Crippen molar-refractivity contribution in [2.24, 2.45) is 11.8 Å². The van der Waals surface area contributed by atoms with Crippen LogP contribution in [0.4, 0.5) is 10.1 Å². The van der Waals surface area contributed by atoms with Crippen LogP contribution in [0, 0.1) is 17.7 Å². The zero-order valence-electron chi connectivity index (χ0n) is 11.3. The molecule has 1 aromatic carbocycles. The van der Waals surface area contributed by atoms with Crippen LogP contribution in [0.3, 0.4) is 0 Å². The quantitative estimate of drug-likeness (QED) is 0.873. The molecule has 2 N–H and O–H groups in total. The minimum absolute atomic E-state index is 0.150. The van der Waals surface area contributed by atoms with Crippen LogP contribution in [0.25, 0.3) is 0 Å². The van der Waals surface area contributed by atoms with E-state index < -0.39 is 0 Å². The molecule has 3 nitrogen and oxygen atoms in total. The molecule has 2 fully saturated rings. The first-order valence-corrected chi connectivity index (χ1v) is 7.05. The summed E-state index contributed by atoms with van der Waals surface area (Å²) in [4.78, 5) is 2.31. The number of benzene rings is 1. The maximum atomic E-state index is 13.4. The molecule has 3 atom stereocenters. The number of anilines is 1. The number of nitrogens with zero attached hydrogens (tertiary/aromatic N) is 1. The smallest absolute Gasteiger partial charge is 0.123 e. The number of hydrogen-bond donors (Lipinski definition) is 2. The van der Waals surface area contributed by atoms with E-state index in [0.717, 1.165) is 37.2 Å². The molecule has 2 aliphatic rings. The Balaban J connectivity index is 1.83. The fourth-order valence-corrected chi connectivity index (χ4v) is 3.63. The highest BCUT2D eigenvalue weighted by atomic mass is 19.1. The molecule has 1 aromatic rings. The van der Waals surface area contributed by atoms with Gasteiger partial charge in [0, 0.05) is 31.2 Å². The fourth-order valence-electron chi connectivity index (χ4n) is 3.63. The lowest BCUT2D eigenvalue weighted by atomic mass is 10.00. The molecule has 3 unspecified atom stereocenters. The summed E-state index contributed by atoms with van der Waals surface area (Å²) in [6, 6.07) is 5.00. The molecular formula is C15H21FN2O. The third kappa shape index (κ3) is 2.35. The Morgan fingerprint density at radius 2 is 2.21 bits per heavy atom. The Bertz CT molecular complexity index is 465. The average molecular weight is 264 g/mol. The predicted octanol–water partition coefficient (Wildman–Crippen LogP) is 1.75. The largest absolute Gasteiger partial charge is 0.393 e. The van der Waals surface area contributed by atoms with Crippen LogP contribution in [0.1, 0.15) is 18.4 Å². The maximum absolute atomic E-state index is 13.4. The maximum Gasteiger partial charge on any atom is 0.123 e. The van der Waals surface area contributed by atoms with Gasteiger partial charge in [0.05, 0.1) is 6.10 Å². The van der Waals surface area contributed by atoms with Gasteiger partial charge in [-0.05, 0) is 49.6 Å². The van der Waals surface area contributed by atoms with E-state index in [-0.39, 0.29) is 11.9 Å². The van der Waals surface area contributed by atoms with Crippen LogP contribution >= 0.6 is 0 Å². The highest BCUT2D eigenvalue weighted by Crippen LogP contribution is 2.40. The van der Waals surface area contributed by atoms with Crippen molar-refractivity contribution in [3.63, 3.8) is 0 Å². The fraction of sp³-hybridized carbons (Fsp3) is 0.600. The third-order valence-corrected chi connectivity index (χ3v) is 4.57. The Morgan fingerprint density at radius 3 is 2.95 bits per heavy atom. The molecule has 0 amide bonds. The Labute approximate surface area is 113 Å². The van der Waals surface area contributed by atoms with Crippen LogP contribution in [-0.2, 0) is 6.54 Å². The van der Waals surface area contributed by atoms with E-state index in [9.17, 15) is 9.50 Å². The molecule has 0 spiro atoms. The van der Waals surface area contributed by atoms with Crippen LogP contribution in [0.15, 0.2) is 18.2 Å². The summed E-state index contributed by atoms with van der Waals surface area (Å²) in [5, 5.41) is 13.1.